The molecule has 5 nitrogen and oxygen atoms in total. The average molecular weight is 366 g/mol. The zero-order valence-corrected chi connectivity index (χ0v) is 15.7. The summed E-state index contributed by atoms with van der Waals surface area (Å²) in [6, 6.07) is 16.8. The molecule has 1 aliphatic rings. The van der Waals surface area contributed by atoms with Gasteiger partial charge in [0.25, 0.3) is 0 Å². The summed E-state index contributed by atoms with van der Waals surface area (Å²) in [5.74, 6) is -1.04. The molecule has 1 saturated heterocycles. The highest BCUT2D eigenvalue weighted by atomic mass is 16.4. The molecule has 0 aromatic heterocycles. The normalized spacial score (nSPS) is 16.8. The third-order valence-electron chi connectivity index (χ3n) is 5.13. The van der Waals surface area contributed by atoms with Crippen molar-refractivity contribution in [3.63, 3.8) is 0 Å². The van der Waals surface area contributed by atoms with Crippen molar-refractivity contribution in [1.82, 2.24) is 9.80 Å². The van der Waals surface area contributed by atoms with E-state index >= 15 is 0 Å². The Hall–Kier alpha value is -2.50. The Morgan fingerprint density at radius 1 is 0.963 bits per heavy atom. The number of carbonyl (C=O) groups is 2. The van der Waals surface area contributed by atoms with Crippen molar-refractivity contribution in [2.45, 2.75) is 25.9 Å². The highest BCUT2D eigenvalue weighted by molar-refractivity contribution is 5.98. The number of nitrogens with zero attached hydrogens (tertiary/aromatic N) is 2. The van der Waals surface area contributed by atoms with Gasteiger partial charge in [-0.05, 0) is 12.5 Å². The van der Waals surface area contributed by atoms with Gasteiger partial charge in [0, 0.05) is 44.7 Å². The quantitative estimate of drug-likeness (QED) is 0.764. The fraction of sp³-hybridized carbons (Fsp3) is 0.364. The molecule has 1 heterocycles. The number of hydrogen-bond acceptors (Lipinski definition) is 4. The van der Waals surface area contributed by atoms with Crippen molar-refractivity contribution >= 4 is 11.8 Å². The van der Waals surface area contributed by atoms with Crippen LogP contribution in [-0.2, 0) is 11.3 Å². The van der Waals surface area contributed by atoms with Crippen molar-refractivity contribution in [1.29, 1.82) is 0 Å². The van der Waals surface area contributed by atoms with Crippen LogP contribution in [0.2, 0.25) is 0 Å². The van der Waals surface area contributed by atoms with Crippen LogP contribution < -0.4 is 0 Å². The molecule has 0 bridgehead atoms. The summed E-state index contributed by atoms with van der Waals surface area (Å²) >= 11 is 0. The van der Waals surface area contributed by atoms with Crippen molar-refractivity contribution in [2.75, 3.05) is 26.2 Å². The molecule has 2 aromatic carbocycles. The number of benzene rings is 2. The number of ketones is 1. The number of piperazine rings is 1. The lowest BCUT2D eigenvalue weighted by Crippen LogP contribution is -2.52. The summed E-state index contributed by atoms with van der Waals surface area (Å²) < 4.78 is 0. The molecule has 0 radical (unpaired) electrons. The fourth-order valence-electron chi connectivity index (χ4n) is 3.48. The van der Waals surface area contributed by atoms with Crippen molar-refractivity contribution < 1.29 is 14.7 Å². The number of hydrogen-bond donors (Lipinski definition) is 1. The van der Waals surface area contributed by atoms with Gasteiger partial charge in [-0.1, -0.05) is 60.2 Å². The van der Waals surface area contributed by atoms with E-state index in [0.29, 0.717) is 18.7 Å². The molecule has 0 amide bonds. The van der Waals surface area contributed by atoms with Crippen LogP contribution in [0.5, 0.6) is 0 Å². The molecule has 1 unspecified atom stereocenters. The van der Waals surface area contributed by atoms with Crippen LogP contribution in [0.15, 0.2) is 54.6 Å². The Morgan fingerprint density at radius 2 is 1.59 bits per heavy atom. The summed E-state index contributed by atoms with van der Waals surface area (Å²) in [4.78, 5) is 28.6. The van der Waals surface area contributed by atoms with Gasteiger partial charge in [0.1, 0.15) is 6.04 Å². The topological polar surface area (TPSA) is 60.9 Å². The predicted octanol–water partition coefficient (Wildman–Crippen LogP) is 2.84. The van der Waals surface area contributed by atoms with Gasteiger partial charge in [-0.25, -0.2) is 0 Å². The average Bonchev–Trinajstić information content (AvgIpc) is 2.68. The van der Waals surface area contributed by atoms with Crippen molar-refractivity contribution in [3.05, 3.63) is 71.3 Å². The van der Waals surface area contributed by atoms with Crippen molar-refractivity contribution in [2.24, 2.45) is 0 Å². The van der Waals surface area contributed by atoms with Gasteiger partial charge in [-0.15, -0.1) is 0 Å². The molecule has 5 heteroatoms. The SMILES string of the molecule is Cc1ccc(C(=O)CC(C(=O)O)N2CCN(Cc3ccccc3)CC2)cc1. The van der Waals surface area contributed by atoms with Gasteiger partial charge < -0.3 is 5.11 Å². The Bertz CT molecular complexity index is 766. The zero-order chi connectivity index (χ0) is 19.2. The molecule has 0 spiro atoms. The second-order valence-electron chi connectivity index (χ2n) is 7.15. The van der Waals surface area contributed by atoms with Crippen LogP contribution in [0.4, 0.5) is 0 Å². The molecule has 1 fully saturated rings. The van der Waals surface area contributed by atoms with E-state index in [4.69, 9.17) is 0 Å². The molecule has 1 atom stereocenters. The number of rotatable bonds is 7. The number of carboxylic acids is 1. The first-order chi connectivity index (χ1) is 13.0. The largest absolute Gasteiger partial charge is 0.480 e. The van der Waals surface area contributed by atoms with E-state index in [1.807, 2.05) is 42.2 Å². The first-order valence-electron chi connectivity index (χ1n) is 9.36. The highest BCUT2D eigenvalue weighted by Gasteiger charge is 2.31. The lowest BCUT2D eigenvalue weighted by atomic mass is 10.0. The van der Waals surface area contributed by atoms with Gasteiger partial charge in [-0.3, -0.25) is 19.4 Å². The van der Waals surface area contributed by atoms with Gasteiger partial charge in [0.15, 0.2) is 5.78 Å². The van der Waals surface area contributed by atoms with Gasteiger partial charge in [0.2, 0.25) is 0 Å². The monoisotopic (exact) mass is 366 g/mol. The third kappa shape index (κ3) is 5.25. The Labute approximate surface area is 160 Å². The molecule has 142 valence electrons. The highest BCUT2D eigenvalue weighted by Crippen LogP contribution is 2.15. The van der Waals surface area contributed by atoms with E-state index in [1.54, 1.807) is 12.1 Å². The van der Waals surface area contributed by atoms with Crippen molar-refractivity contribution in [3.8, 4) is 0 Å². The molecule has 1 N–H and O–H groups in total. The molecule has 2 aromatic rings. The third-order valence-corrected chi connectivity index (χ3v) is 5.13. The maximum absolute atomic E-state index is 12.5. The molecule has 1 aliphatic heterocycles. The van der Waals surface area contributed by atoms with E-state index in [1.165, 1.54) is 5.56 Å². The molecular weight excluding hydrogens is 340 g/mol. The molecule has 0 saturated carbocycles. The van der Waals surface area contributed by atoms with Crippen LogP contribution >= 0.6 is 0 Å². The standard InChI is InChI=1S/C22H26N2O3/c1-17-7-9-19(10-8-17)21(25)15-20(22(26)27)24-13-11-23(12-14-24)16-18-5-3-2-4-6-18/h2-10,20H,11-16H2,1H3,(H,26,27). The maximum atomic E-state index is 12.5. The smallest absolute Gasteiger partial charge is 0.321 e. The maximum Gasteiger partial charge on any atom is 0.321 e. The van der Waals surface area contributed by atoms with Crippen LogP contribution in [0.1, 0.15) is 27.9 Å². The first kappa shape index (κ1) is 19.3. The molecule has 0 aliphatic carbocycles. The zero-order valence-electron chi connectivity index (χ0n) is 15.7. The Balaban J connectivity index is 1.57. The summed E-state index contributed by atoms with van der Waals surface area (Å²) in [6.45, 7) is 5.75. The van der Waals surface area contributed by atoms with Crippen LogP contribution in [0, 0.1) is 6.92 Å². The van der Waals surface area contributed by atoms with Gasteiger partial charge >= 0.3 is 5.97 Å². The van der Waals surface area contributed by atoms with Crippen LogP contribution in [0.3, 0.4) is 0 Å². The van der Waals surface area contributed by atoms with E-state index < -0.39 is 12.0 Å². The number of carbonyl (C=O) groups excluding carboxylic acids is 1. The lowest BCUT2D eigenvalue weighted by Gasteiger charge is -2.37. The number of Topliss-reactive ketones (excluding diaryl/α,β-unsaturated/α-hetero) is 1. The predicted molar refractivity (Wildman–Crippen MR) is 105 cm³/mol. The Morgan fingerprint density at radius 3 is 2.19 bits per heavy atom. The lowest BCUT2D eigenvalue weighted by molar-refractivity contribution is -0.144. The number of aliphatic carboxylic acids is 1. The molecular formula is C22H26N2O3. The summed E-state index contributed by atoms with van der Waals surface area (Å²) in [5.41, 5.74) is 2.92. The van der Waals surface area contributed by atoms with E-state index in [9.17, 15) is 14.7 Å². The van der Waals surface area contributed by atoms with Gasteiger partial charge in [0.05, 0.1) is 0 Å². The van der Waals surface area contributed by atoms with E-state index in [0.717, 1.165) is 25.2 Å². The summed E-state index contributed by atoms with van der Waals surface area (Å²) in [6.07, 6.45) is 0.0110. The minimum absolute atomic E-state index is 0.0110. The van der Waals surface area contributed by atoms with E-state index in [-0.39, 0.29) is 12.2 Å². The minimum Gasteiger partial charge on any atom is -0.480 e. The fourth-order valence-corrected chi connectivity index (χ4v) is 3.48. The minimum atomic E-state index is -0.924. The first-order valence-corrected chi connectivity index (χ1v) is 9.36. The van der Waals surface area contributed by atoms with Crippen LogP contribution in [0.25, 0.3) is 0 Å². The number of carboxylic acid groups (broad SMARTS) is 1. The second-order valence-corrected chi connectivity index (χ2v) is 7.15. The summed E-state index contributed by atoms with van der Waals surface area (Å²) in [7, 11) is 0. The van der Waals surface area contributed by atoms with Crippen LogP contribution in [-0.4, -0.2) is 58.9 Å². The summed E-state index contributed by atoms with van der Waals surface area (Å²) in [5, 5.41) is 9.66. The van der Waals surface area contributed by atoms with E-state index in [2.05, 4.69) is 17.0 Å². The molecule has 3 rings (SSSR count). The second kappa shape index (κ2) is 8.93. The Kier molecular flexibility index (Phi) is 6.37. The molecule has 27 heavy (non-hydrogen) atoms. The van der Waals surface area contributed by atoms with Gasteiger partial charge in [-0.2, -0.15) is 0 Å². The number of aryl methyl sites for hydroxylation is 1.